The minimum absolute atomic E-state index is 0.0161. The Balaban J connectivity index is 1.65. The van der Waals surface area contributed by atoms with E-state index in [0.717, 1.165) is 28.7 Å². The van der Waals surface area contributed by atoms with Gasteiger partial charge in [-0.3, -0.25) is 20.2 Å². The third kappa shape index (κ3) is 3.19. The molecule has 0 aliphatic carbocycles. The molecule has 0 saturated heterocycles. The fourth-order valence-corrected chi connectivity index (χ4v) is 2.92. The van der Waals surface area contributed by atoms with Crippen LogP contribution in [0.1, 0.15) is 11.1 Å². The van der Waals surface area contributed by atoms with E-state index in [9.17, 15) is 25.3 Å². The van der Waals surface area contributed by atoms with E-state index in [4.69, 9.17) is 0 Å². The van der Waals surface area contributed by atoms with Crippen LogP contribution in [0.2, 0.25) is 0 Å². The van der Waals surface area contributed by atoms with Crippen LogP contribution in [0.5, 0.6) is 5.75 Å². The summed E-state index contributed by atoms with van der Waals surface area (Å²) in [6.07, 6.45) is 0.984. The van der Waals surface area contributed by atoms with Crippen LogP contribution in [-0.4, -0.2) is 41.3 Å². The van der Waals surface area contributed by atoms with Crippen molar-refractivity contribution < 1.29 is 15.0 Å². The fourth-order valence-electron chi connectivity index (χ4n) is 2.92. The summed E-state index contributed by atoms with van der Waals surface area (Å²) in [5.41, 5.74) is 3.84. The van der Waals surface area contributed by atoms with Gasteiger partial charge in [0.1, 0.15) is 5.52 Å². The summed E-state index contributed by atoms with van der Waals surface area (Å²) in [6.45, 7) is 1.94. The minimum atomic E-state index is -0.925. The van der Waals surface area contributed by atoms with Gasteiger partial charge in [0.2, 0.25) is 5.75 Å². The Bertz CT molecular complexity index is 1360. The van der Waals surface area contributed by atoms with Crippen LogP contribution in [-0.2, 0) is 0 Å². The molecule has 0 amide bonds. The van der Waals surface area contributed by atoms with E-state index >= 15 is 0 Å². The molecular weight excluding hydrogens is 396 g/mol. The van der Waals surface area contributed by atoms with Gasteiger partial charge in [-0.1, -0.05) is 18.2 Å². The maximum atomic E-state index is 11.0. The van der Waals surface area contributed by atoms with Crippen LogP contribution < -0.4 is 5.43 Å². The fraction of sp³-hybridized carbons (Fsp3) is 0.0588. The number of hydrogen-bond acceptors (Lipinski definition) is 10. The van der Waals surface area contributed by atoms with Crippen molar-refractivity contribution in [3.05, 3.63) is 61.7 Å². The zero-order valence-electron chi connectivity index (χ0n) is 15.2. The number of fused-ring (bicyclic) bond motifs is 3. The zero-order chi connectivity index (χ0) is 21.4. The van der Waals surface area contributed by atoms with Crippen molar-refractivity contribution in [3.8, 4) is 5.75 Å². The molecule has 150 valence electrons. The number of benzene rings is 2. The summed E-state index contributed by atoms with van der Waals surface area (Å²) in [5, 5.41) is 44.6. The Labute approximate surface area is 166 Å². The lowest BCUT2D eigenvalue weighted by atomic mass is 10.1. The van der Waals surface area contributed by atoms with Crippen LogP contribution in [0.25, 0.3) is 22.1 Å². The number of nitro groups is 2. The van der Waals surface area contributed by atoms with Crippen molar-refractivity contribution in [2.75, 3.05) is 5.43 Å². The normalized spacial score (nSPS) is 11.4. The molecule has 0 fully saturated rings. The second kappa shape index (κ2) is 7.05. The van der Waals surface area contributed by atoms with Gasteiger partial charge in [0.05, 0.1) is 33.2 Å². The molecule has 4 rings (SSSR count). The Morgan fingerprint density at radius 1 is 1.20 bits per heavy atom. The van der Waals surface area contributed by atoms with Gasteiger partial charge >= 0.3 is 5.69 Å². The Morgan fingerprint density at radius 2 is 2.00 bits per heavy atom. The SMILES string of the molecule is Cc1cccc2c1[nH]c1nc(N/N=C\c3cc([N+](=O)[O-])cc([N+](=O)[O-])c3O)nnc12. The molecule has 0 spiro atoms. The summed E-state index contributed by atoms with van der Waals surface area (Å²) < 4.78 is 0. The molecule has 0 saturated carbocycles. The smallest absolute Gasteiger partial charge is 0.318 e. The van der Waals surface area contributed by atoms with Gasteiger partial charge in [-0.15, -0.1) is 10.2 Å². The number of para-hydroxylation sites is 1. The number of nitro benzene ring substituents is 2. The summed E-state index contributed by atoms with van der Waals surface area (Å²) in [4.78, 5) is 27.6. The van der Waals surface area contributed by atoms with Crippen molar-refractivity contribution in [2.45, 2.75) is 6.92 Å². The van der Waals surface area contributed by atoms with Crippen molar-refractivity contribution in [1.29, 1.82) is 0 Å². The summed E-state index contributed by atoms with van der Waals surface area (Å²) in [5.74, 6) is -0.737. The van der Waals surface area contributed by atoms with Crippen molar-refractivity contribution in [1.82, 2.24) is 20.2 Å². The highest BCUT2D eigenvalue weighted by molar-refractivity contribution is 6.04. The van der Waals surface area contributed by atoms with Crippen molar-refractivity contribution in [3.63, 3.8) is 0 Å². The molecule has 0 bridgehead atoms. The van der Waals surface area contributed by atoms with Crippen molar-refractivity contribution in [2.24, 2.45) is 5.10 Å². The number of rotatable bonds is 5. The number of hydrogen-bond donors (Lipinski definition) is 3. The molecular formula is C17H12N8O5. The molecule has 13 nitrogen and oxygen atoms in total. The molecule has 0 aliphatic heterocycles. The molecule has 30 heavy (non-hydrogen) atoms. The summed E-state index contributed by atoms with van der Waals surface area (Å²) in [6, 6.07) is 7.35. The highest BCUT2D eigenvalue weighted by Crippen LogP contribution is 2.33. The maximum absolute atomic E-state index is 11.0. The lowest BCUT2D eigenvalue weighted by Gasteiger charge is -2.01. The first-order chi connectivity index (χ1) is 14.3. The summed E-state index contributed by atoms with van der Waals surface area (Å²) >= 11 is 0. The first-order valence-electron chi connectivity index (χ1n) is 8.41. The quantitative estimate of drug-likeness (QED) is 0.253. The number of phenols is 1. The number of phenolic OH excluding ortho intramolecular Hbond substituents is 1. The molecule has 2 heterocycles. The van der Waals surface area contributed by atoms with E-state index in [-0.39, 0.29) is 11.5 Å². The molecule has 0 radical (unpaired) electrons. The number of aromatic hydroxyl groups is 1. The Kier molecular flexibility index (Phi) is 4.39. The lowest BCUT2D eigenvalue weighted by molar-refractivity contribution is -0.394. The van der Waals surface area contributed by atoms with Gasteiger partial charge in [-0.25, -0.2) is 5.43 Å². The number of nitrogens with one attached hydrogen (secondary N) is 2. The Morgan fingerprint density at radius 3 is 2.73 bits per heavy atom. The second-order valence-electron chi connectivity index (χ2n) is 6.24. The van der Waals surface area contributed by atoms with Gasteiger partial charge in [-0.05, 0) is 12.5 Å². The minimum Gasteiger partial charge on any atom is -0.502 e. The first kappa shape index (κ1) is 18.7. The van der Waals surface area contributed by atoms with E-state index in [1.54, 1.807) is 0 Å². The number of aromatic amines is 1. The number of hydrazone groups is 1. The molecule has 2 aromatic carbocycles. The summed E-state index contributed by atoms with van der Waals surface area (Å²) in [7, 11) is 0. The lowest BCUT2D eigenvalue weighted by Crippen LogP contribution is -2.00. The van der Waals surface area contributed by atoms with E-state index in [1.807, 2.05) is 25.1 Å². The van der Waals surface area contributed by atoms with E-state index < -0.39 is 27.0 Å². The number of H-pyrrole nitrogens is 1. The highest BCUT2D eigenvalue weighted by atomic mass is 16.6. The maximum Gasteiger partial charge on any atom is 0.318 e. The van der Waals surface area contributed by atoms with E-state index in [2.05, 4.69) is 30.7 Å². The van der Waals surface area contributed by atoms with E-state index in [0.29, 0.717) is 17.2 Å². The van der Waals surface area contributed by atoms with Crippen LogP contribution in [0, 0.1) is 27.2 Å². The molecule has 13 heteroatoms. The predicted molar refractivity (Wildman–Crippen MR) is 107 cm³/mol. The molecule has 0 atom stereocenters. The molecule has 2 aromatic heterocycles. The third-order valence-corrected chi connectivity index (χ3v) is 4.34. The zero-order valence-corrected chi connectivity index (χ0v) is 15.2. The predicted octanol–water partition coefficient (Wildman–Crippen LogP) is 2.78. The number of anilines is 1. The molecule has 3 N–H and O–H groups in total. The number of non-ortho nitro benzene ring substituents is 1. The first-order valence-corrected chi connectivity index (χ1v) is 8.41. The molecule has 0 unspecified atom stereocenters. The average Bonchev–Trinajstić information content (AvgIpc) is 3.08. The number of aryl methyl sites for hydroxylation is 1. The molecule has 4 aromatic rings. The standard InChI is InChI=1S/C17H12N8O5/c1-8-3-2-4-11-13(8)19-16-14(11)21-23-17(20-16)22-18-7-9-5-10(24(27)28)6-12(15(9)26)25(29)30/h2-7,26H,1H3,(H2,19,20,22,23)/b18-7-. The second-order valence-corrected chi connectivity index (χ2v) is 6.24. The monoisotopic (exact) mass is 408 g/mol. The van der Waals surface area contributed by atoms with Crippen LogP contribution in [0.15, 0.2) is 35.4 Å². The van der Waals surface area contributed by atoms with Gasteiger partial charge in [0.25, 0.3) is 11.6 Å². The number of nitrogens with zero attached hydrogens (tertiary/aromatic N) is 6. The topological polar surface area (TPSA) is 185 Å². The van der Waals surface area contributed by atoms with E-state index in [1.165, 1.54) is 0 Å². The van der Waals surface area contributed by atoms with Crippen LogP contribution >= 0.6 is 0 Å². The Hall–Kier alpha value is -4.68. The average molecular weight is 408 g/mol. The van der Waals surface area contributed by atoms with Crippen molar-refractivity contribution >= 4 is 45.6 Å². The third-order valence-electron chi connectivity index (χ3n) is 4.34. The molecule has 0 aliphatic rings. The van der Waals surface area contributed by atoms with Gasteiger partial charge in [-0.2, -0.15) is 10.1 Å². The van der Waals surface area contributed by atoms with Gasteiger partial charge in [0.15, 0.2) is 5.65 Å². The number of aromatic nitrogens is 4. The van der Waals surface area contributed by atoms with Crippen LogP contribution in [0.4, 0.5) is 17.3 Å². The van der Waals surface area contributed by atoms with Gasteiger partial charge < -0.3 is 10.1 Å². The van der Waals surface area contributed by atoms with Gasteiger partial charge in [0, 0.05) is 11.5 Å². The highest BCUT2D eigenvalue weighted by Gasteiger charge is 2.23. The van der Waals surface area contributed by atoms with Crippen LogP contribution in [0.3, 0.4) is 0 Å². The largest absolute Gasteiger partial charge is 0.502 e.